The van der Waals surface area contributed by atoms with Gasteiger partial charge in [-0.2, -0.15) is 0 Å². The number of rotatable bonds is 4. The molecule has 1 aliphatic rings. The maximum Gasteiger partial charge on any atom is 0.231 e. The first-order chi connectivity index (χ1) is 9.74. The predicted molar refractivity (Wildman–Crippen MR) is 76.1 cm³/mol. The van der Waals surface area contributed by atoms with Crippen LogP contribution in [-0.2, 0) is 6.42 Å². The molecule has 2 aromatic rings. The van der Waals surface area contributed by atoms with Crippen LogP contribution in [0.5, 0.6) is 11.5 Å². The Morgan fingerprint density at radius 2 is 1.90 bits per heavy atom. The number of benzene rings is 2. The summed E-state index contributed by atoms with van der Waals surface area (Å²) in [5.41, 5.74) is 7.98. The third-order valence-corrected chi connectivity index (χ3v) is 3.34. The summed E-state index contributed by atoms with van der Waals surface area (Å²) in [7, 11) is 0. The first kappa shape index (κ1) is 12.5. The Kier molecular flexibility index (Phi) is 3.29. The van der Waals surface area contributed by atoms with Crippen LogP contribution < -0.4 is 15.2 Å². The number of nitrogen functional groups attached to an aromatic ring is 1. The smallest absolute Gasteiger partial charge is 0.231 e. The molecule has 0 radical (unpaired) electrons. The lowest BCUT2D eigenvalue weighted by Crippen LogP contribution is -2.04. The lowest BCUT2D eigenvalue weighted by atomic mass is 10.0. The van der Waals surface area contributed by atoms with Gasteiger partial charge in [-0.25, -0.2) is 0 Å². The highest BCUT2D eigenvalue weighted by atomic mass is 16.7. The van der Waals surface area contributed by atoms with Crippen molar-refractivity contribution in [1.29, 1.82) is 0 Å². The van der Waals surface area contributed by atoms with Crippen LogP contribution in [0, 0.1) is 0 Å². The third-order valence-electron chi connectivity index (χ3n) is 3.34. The number of para-hydroxylation sites is 1. The Hall–Kier alpha value is -2.49. The van der Waals surface area contributed by atoms with Crippen LogP contribution in [0.25, 0.3) is 0 Å². The molecule has 4 nitrogen and oxygen atoms in total. The lowest BCUT2D eigenvalue weighted by Gasteiger charge is -2.05. The molecule has 4 heteroatoms. The molecule has 0 atom stereocenters. The number of hydrogen-bond donors (Lipinski definition) is 1. The summed E-state index contributed by atoms with van der Waals surface area (Å²) in [6.07, 6.45) is 1.08. The van der Waals surface area contributed by atoms with Crippen molar-refractivity contribution in [3.8, 4) is 11.5 Å². The number of carbonyl (C=O) groups excluding carboxylic acids is 1. The van der Waals surface area contributed by atoms with Crippen molar-refractivity contribution < 1.29 is 14.3 Å². The van der Waals surface area contributed by atoms with E-state index in [1.165, 1.54) is 0 Å². The molecular weight excluding hydrogens is 254 g/mol. The molecule has 2 aromatic carbocycles. The number of ether oxygens (including phenoxy) is 2. The Morgan fingerprint density at radius 3 is 2.75 bits per heavy atom. The van der Waals surface area contributed by atoms with Crippen molar-refractivity contribution in [2.75, 3.05) is 12.5 Å². The normalized spacial score (nSPS) is 12.4. The molecule has 0 saturated carbocycles. The minimum Gasteiger partial charge on any atom is -0.454 e. The van der Waals surface area contributed by atoms with Gasteiger partial charge >= 0.3 is 0 Å². The summed E-state index contributed by atoms with van der Waals surface area (Å²) in [6, 6.07) is 12.9. The quantitative estimate of drug-likeness (QED) is 0.685. The zero-order chi connectivity index (χ0) is 13.9. The van der Waals surface area contributed by atoms with E-state index in [0.29, 0.717) is 24.1 Å². The molecule has 0 bridgehead atoms. The number of ketones is 1. The zero-order valence-electron chi connectivity index (χ0n) is 11.0. The molecule has 20 heavy (non-hydrogen) atoms. The molecule has 1 aliphatic heterocycles. The predicted octanol–water partition coefficient (Wildman–Crippen LogP) is 2.81. The van der Waals surface area contributed by atoms with Crippen molar-refractivity contribution in [1.82, 2.24) is 0 Å². The number of aryl methyl sites for hydroxylation is 1. The average molecular weight is 269 g/mol. The second-order valence-corrected chi connectivity index (χ2v) is 4.70. The van der Waals surface area contributed by atoms with Gasteiger partial charge in [-0.3, -0.25) is 4.79 Å². The van der Waals surface area contributed by atoms with Gasteiger partial charge in [0.15, 0.2) is 17.3 Å². The second-order valence-electron chi connectivity index (χ2n) is 4.70. The van der Waals surface area contributed by atoms with Gasteiger partial charge in [0.1, 0.15) is 0 Å². The standard InChI is InChI=1S/C16H15NO3/c17-13-4-2-1-3-12(13)14(18)7-5-11-6-8-15-16(9-11)20-10-19-15/h1-4,6,8-9H,5,7,10,17H2. The van der Waals surface area contributed by atoms with E-state index in [-0.39, 0.29) is 12.6 Å². The molecule has 0 aliphatic carbocycles. The molecule has 0 amide bonds. The first-order valence-electron chi connectivity index (χ1n) is 6.50. The van der Waals surface area contributed by atoms with E-state index in [1.54, 1.807) is 12.1 Å². The third kappa shape index (κ3) is 2.45. The summed E-state index contributed by atoms with van der Waals surface area (Å²) in [6.45, 7) is 0.262. The van der Waals surface area contributed by atoms with Crippen molar-refractivity contribution in [2.24, 2.45) is 0 Å². The van der Waals surface area contributed by atoms with E-state index < -0.39 is 0 Å². The average Bonchev–Trinajstić information content (AvgIpc) is 2.92. The molecular formula is C16H15NO3. The van der Waals surface area contributed by atoms with Gasteiger partial charge in [0.2, 0.25) is 6.79 Å². The van der Waals surface area contributed by atoms with Gasteiger partial charge in [0.05, 0.1) is 0 Å². The SMILES string of the molecule is Nc1ccccc1C(=O)CCc1ccc2c(c1)OCO2. The van der Waals surface area contributed by atoms with Crippen LogP contribution in [0.3, 0.4) is 0 Å². The molecule has 2 N–H and O–H groups in total. The van der Waals surface area contributed by atoms with Crippen LogP contribution in [0.15, 0.2) is 42.5 Å². The number of hydrogen-bond acceptors (Lipinski definition) is 4. The van der Waals surface area contributed by atoms with E-state index in [2.05, 4.69) is 0 Å². The lowest BCUT2D eigenvalue weighted by molar-refractivity contribution is 0.0983. The van der Waals surface area contributed by atoms with E-state index >= 15 is 0 Å². The molecule has 102 valence electrons. The van der Waals surface area contributed by atoms with Gasteiger partial charge in [0, 0.05) is 17.7 Å². The van der Waals surface area contributed by atoms with Gasteiger partial charge < -0.3 is 15.2 Å². The fourth-order valence-electron chi connectivity index (χ4n) is 2.24. The summed E-state index contributed by atoms with van der Waals surface area (Å²) < 4.78 is 10.6. The number of Topliss-reactive ketones (excluding diaryl/α,β-unsaturated/α-hetero) is 1. The Bertz CT molecular complexity index is 652. The summed E-state index contributed by atoms with van der Waals surface area (Å²) in [5.74, 6) is 1.56. The van der Waals surface area contributed by atoms with Gasteiger partial charge in [-0.15, -0.1) is 0 Å². The minimum atomic E-state index is 0.0563. The molecule has 0 unspecified atom stereocenters. The van der Waals surface area contributed by atoms with E-state index in [0.717, 1.165) is 17.1 Å². The topological polar surface area (TPSA) is 61.6 Å². The van der Waals surface area contributed by atoms with Crippen LogP contribution >= 0.6 is 0 Å². The fraction of sp³-hybridized carbons (Fsp3) is 0.188. The van der Waals surface area contributed by atoms with Crippen LogP contribution in [0.4, 0.5) is 5.69 Å². The molecule has 0 fully saturated rings. The summed E-state index contributed by atoms with van der Waals surface area (Å²) in [4.78, 5) is 12.1. The van der Waals surface area contributed by atoms with E-state index in [4.69, 9.17) is 15.2 Å². The Balaban J connectivity index is 1.68. The van der Waals surface area contributed by atoms with Crippen molar-refractivity contribution >= 4 is 11.5 Å². The molecule has 3 rings (SSSR count). The van der Waals surface area contributed by atoms with Crippen LogP contribution in [-0.4, -0.2) is 12.6 Å². The minimum absolute atomic E-state index is 0.0563. The Morgan fingerprint density at radius 1 is 1.10 bits per heavy atom. The number of nitrogens with two attached hydrogens (primary N) is 1. The number of carbonyl (C=O) groups is 1. The molecule has 0 aromatic heterocycles. The highest BCUT2D eigenvalue weighted by Gasteiger charge is 2.14. The van der Waals surface area contributed by atoms with E-state index in [1.807, 2.05) is 30.3 Å². The van der Waals surface area contributed by atoms with Crippen molar-refractivity contribution in [3.63, 3.8) is 0 Å². The van der Waals surface area contributed by atoms with Crippen LogP contribution in [0.2, 0.25) is 0 Å². The summed E-state index contributed by atoms with van der Waals surface area (Å²) in [5, 5.41) is 0. The van der Waals surface area contributed by atoms with Gasteiger partial charge in [-0.1, -0.05) is 18.2 Å². The largest absolute Gasteiger partial charge is 0.454 e. The highest BCUT2D eigenvalue weighted by Crippen LogP contribution is 2.32. The number of fused-ring (bicyclic) bond motifs is 1. The van der Waals surface area contributed by atoms with Gasteiger partial charge in [0.25, 0.3) is 0 Å². The highest BCUT2D eigenvalue weighted by molar-refractivity contribution is 6.00. The van der Waals surface area contributed by atoms with Crippen molar-refractivity contribution in [3.05, 3.63) is 53.6 Å². The van der Waals surface area contributed by atoms with E-state index in [9.17, 15) is 4.79 Å². The van der Waals surface area contributed by atoms with Crippen molar-refractivity contribution in [2.45, 2.75) is 12.8 Å². The molecule has 0 spiro atoms. The monoisotopic (exact) mass is 269 g/mol. The maximum atomic E-state index is 12.1. The molecule has 0 saturated heterocycles. The molecule has 1 heterocycles. The summed E-state index contributed by atoms with van der Waals surface area (Å²) >= 11 is 0. The second kappa shape index (κ2) is 5.25. The van der Waals surface area contributed by atoms with Crippen LogP contribution in [0.1, 0.15) is 22.3 Å². The zero-order valence-corrected chi connectivity index (χ0v) is 11.0. The maximum absolute atomic E-state index is 12.1. The first-order valence-corrected chi connectivity index (χ1v) is 6.50. The Labute approximate surface area is 117 Å². The fourth-order valence-corrected chi connectivity index (χ4v) is 2.24. The number of anilines is 1. The van der Waals surface area contributed by atoms with Gasteiger partial charge in [-0.05, 0) is 36.2 Å².